The molecule has 4 heteroatoms. The van der Waals surface area contributed by atoms with Gasteiger partial charge in [0.2, 0.25) is 5.91 Å². The van der Waals surface area contributed by atoms with Gasteiger partial charge in [0.25, 0.3) is 0 Å². The van der Waals surface area contributed by atoms with Crippen molar-refractivity contribution in [3.8, 4) is 0 Å². The second-order valence-electron chi connectivity index (χ2n) is 7.06. The number of rotatable bonds is 6. The third-order valence-corrected chi connectivity index (χ3v) is 5.05. The van der Waals surface area contributed by atoms with Crippen LogP contribution >= 0.6 is 0 Å². The molecular weight excluding hydrogens is 322 g/mol. The molecule has 0 aliphatic carbocycles. The molecule has 3 rings (SSSR count). The summed E-state index contributed by atoms with van der Waals surface area (Å²) in [4.78, 5) is 17.1. The minimum atomic E-state index is 0.0946. The van der Waals surface area contributed by atoms with Gasteiger partial charge in [-0.2, -0.15) is 0 Å². The molecule has 2 aromatic carbocycles. The second-order valence-corrected chi connectivity index (χ2v) is 7.06. The van der Waals surface area contributed by atoms with Crippen LogP contribution in [0, 0.1) is 6.92 Å². The molecule has 0 bridgehead atoms. The van der Waals surface area contributed by atoms with Crippen LogP contribution in [0.15, 0.2) is 54.6 Å². The third-order valence-electron chi connectivity index (χ3n) is 5.05. The Balaban J connectivity index is 1.42. The van der Waals surface area contributed by atoms with Crippen LogP contribution in [0.3, 0.4) is 0 Å². The van der Waals surface area contributed by atoms with Crippen molar-refractivity contribution in [2.24, 2.45) is 0 Å². The fourth-order valence-corrected chi connectivity index (χ4v) is 3.44. The number of nitrogens with zero attached hydrogens (tertiary/aromatic N) is 2. The predicted molar refractivity (Wildman–Crippen MR) is 107 cm³/mol. The Morgan fingerprint density at radius 3 is 2.42 bits per heavy atom. The van der Waals surface area contributed by atoms with Crippen LogP contribution in [0.25, 0.3) is 0 Å². The molecule has 26 heavy (non-hydrogen) atoms. The van der Waals surface area contributed by atoms with Gasteiger partial charge in [-0.3, -0.25) is 9.69 Å². The van der Waals surface area contributed by atoms with Crippen molar-refractivity contribution >= 4 is 11.6 Å². The Morgan fingerprint density at radius 1 is 0.923 bits per heavy atom. The van der Waals surface area contributed by atoms with Crippen molar-refractivity contribution in [3.63, 3.8) is 0 Å². The summed E-state index contributed by atoms with van der Waals surface area (Å²) in [7, 11) is 0. The van der Waals surface area contributed by atoms with E-state index in [1.54, 1.807) is 0 Å². The molecule has 0 atom stereocenters. The van der Waals surface area contributed by atoms with Gasteiger partial charge < -0.3 is 10.2 Å². The Kier molecular flexibility index (Phi) is 6.81. The molecule has 1 aliphatic heterocycles. The summed E-state index contributed by atoms with van der Waals surface area (Å²) in [5.74, 6) is 0.0946. The average molecular weight is 351 g/mol. The summed E-state index contributed by atoms with van der Waals surface area (Å²) >= 11 is 0. The number of carbonyl (C=O) groups is 1. The number of carbonyl (C=O) groups excluding carboxylic acids is 1. The first kappa shape index (κ1) is 18.6. The van der Waals surface area contributed by atoms with E-state index in [9.17, 15) is 4.79 Å². The molecule has 1 heterocycles. The molecule has 0 unspecified atom stereocenters. The van der Waals surface area contributed by atoms with E-state index >= 15 is 0 Å². The Hall–Kier alpha value is -2.17. The summed E-state index contributed by atoms with van der Waals surface area (Å²) in [6.45, 7) is 8.33. The SMILES string of the molecule is Cc1ccccc1CN1CCCN(CCC(=O)Nc2ccccc2)CC1. The van der Waals surface area contributed by atoms with E-state index in [4.69, 9.17) is 0 Å². The Labute approximate surface area is 156 Å². The molecule has 0 radical (unpaired) electrons. The standard InChI is InChI=1S/C22H29N3O/c1-19-8-5-6-9-20(19)18-25-14-7-13-24(16-17-25)15-12-22(26)23-21-10-3-2-4-11-21/h2-6,8-11H,7,12-18H2,1H3,(H,23,26). The Bertz CT molecular complexity index is 702. The molecule has 0 saturated carbocycles. The molecule has 1 saturated heterocycles. The number of aryl methyl sites for hydroxylation is 1. The normalized spacial score (nSPS) is 16.2. The van der Waals surface area contributed by atoms with Gasteiger partial charge in [-0.25, -0.2) is 0 Å². The predicted octanol–water partition coefficient (Wildman–Crippen LogP) is 3.53. The largest absolute Gasteiger partial charge is 0.326 e. The van der Waals surface area contributed by atoms with Crippen molar-refractivity contribution in [1.82, 2.24) is 9.80 Å². The second kappa shape index (κ2) is 9.51. The molecule has 4 nitrogen and oxygen atoms in total. The van der Waals surface area contributed by atoms with Gasteiger partial charge in [-0.1, -0.05) is 42.5 Å². The van der Waals surface area contributed by atoms with E-state index in [1.807, 2.05) is 30.3 Å². The maximum absolute atomic E-state index is 12.1. The molecular formula is C22H29N3O. The lowest BCUT2D eigenvalue weighted by Crippen LogP contribution is -2.32. The number of benzene rings is 2. The monoisotopic (exact) mass is 351 g/mol. The zero-order valence-corrected chi connectivity index (χ0v) is 15.7. The van der Waals surface area contributed by atoms with Crippen molar-refractivity contribution in [2.75, 3.05) is 38.0 Å². The van der Waals surface area contributed by atoms with E-state index in [2.05, 4.69) is 46.3 Å². The van der Waals surface area contributed by atoms with Crippen LogP contribution in [-0.2, 0) is 11.3 Å². The van der Waals surface area contributed by atoms with Crippen LogP contribution in [0.1, 0.15) is 24.0 Å². The van der Waals surface area contributed by atoms with Crippen molar-refractivity contribution in [3.05, 3.63) is 65.7 Å². The summed E-state index contributed by atoms with van der Waals surface area (Å²) in [5.41, 5.74) is 3.66. The van der Waals surface area contributed by atoms with Crippen LogP contribution in [0.5, 0.6) is 0 Å². The van der Waals surface area contributed by atoms with Gasteiger partial charge in [-0.05, 0) is 49.7 Å². The molecule has 1 amide bonds. The smallest absolute Gasteiger partial charge is 0.225 e. The van der Waals surface area contributed by atoms with E-state index in [-0.39, 0.29) is 5.91 Å². The first-order chi connectivity index (χ1) is 12.7. The summed E-state index contributed by atoms with van der Waals surface area (Å²) in [6.07, 6.45) is 1.71. The molecule has 0 aromatic heterocycles. The number of hydrogen-bond acceptors (Lipinski definition) is 3. The number of amides is 1. The molecule has 2 aromatic rings. The van der Waals surface area contributed by atoms with Gasteiger partial charge in [0.15, 0.2) is 0 Å². The van der Waals surface area contributed by atoms with Crippen LogP contribution < -0.4 is 5.32 Å². The van der Waals surface area contributed by atoms with E-state index in [0.29, 0.717) is 6.42 Å². The number of para-hydroxylation sites is 1. The van der Waals surface area contributed by atoms with Gasteiger partial charge in [0.05, 0.1) is 0 Å². The summed E-state index contributed by atoms with van der Waals surface area (Å²) in [5, 5.41) is 2.97. The highest BCUT2D eigenvalue weighted by Crippen LogP contribution is 2.13. The van der Waals surface area contributed by atoms with E-state index < -0.39 is 0 Å². The minimum Gasteiger partial charge on any atom is -0.326 e. The lowest BCUT2D eigenvalue weighted by molar-refractivity contribution is -0.116. The first-order valence-electron chi connectivity index (χ1n) is 9.55. The lowest BCUT2D eigenvalue weighted by Gasteiger charge is -2.22. The highest BCUT2D eigenvalue weighted by atomic mass is 16.1. The highest BCUT2D eigenvalue weighted by Gasteiger charge is 2.16. The van der Waals surface area contributed by atoms with E-state index in [1.165, 1.54) is 11.1 Å². The van der Waals surface area contributed by atoms with Gasteiger partial charge in [0, 0.05) is 38.3 Å². The zero-order chi connectivity index (χ0) is 18.2. The number of nitrogens with one attached hydrogen (secondary N) is 1. The summed E-state index contributed by atoms with van der Waals surface area (Å²) < 4.78 is 0. The lowest BCUT2D eigenvalue weighted by atomic mass is 10.1. The fourth-order valence-electron chi connectivity index (χ4n) is 3.44. The quantitative estimate of drug-likeness (QED) is 0.865. The Morgan fingerprint density at radius 2 is 1.62 bits per heavy atom. The number of hydrogen-bond donors (Lipinski definition) is 1. The van der Waals surface area contributed by atoms with E-state index in [0.717, 1.165) is 51.4 Å². The fraction of sp³-hybridized carbons (Fsp3) is 0.409. The highest BCUT2D eigenvalue weighted by molar-refractivity contribution is 5.90. The van der Waals surface area contributed by atoms with Crippen molar-refractivity contribution < 1.29 is 4.79 Å². The van der Waals surface area contributed by atoms with Crippen LogP contribution in [0.4, 0.5) is 5.69 Å². The van der Waals surface area contributed by atoms with Gasteiger partial charge >= 0.3 is 0 Å². The average Bonchev–Trinajstić information content (AvgIpc) is 2.88. The molecule has 1 N–H and O–H groups in total. The topological polar surface area (TPSA) is 35.6 Å². The maximum atomic E-state index is 12.1. The van der Waals surface area contributed by atoms with Crippen LogP contribution in [-0.4, -0.2) is 48.4 Å². The zero-order valence-electron chi connectivity index (χ0n) is 15.7. The molecule has 1 fully saturated rings. The molecule has 138 valence electrons. The maximum Gasteiger partial charge on any atom is 0.225 e. The summed E-state index contributed by atoms with van der Waals surface area (Å²) in [6, 6.07) is 18.3. The molecule has 1 aliphatic rings. The minimum absolute atomic E-state index is 0.0946. The molecule has 0 spiro atoms. The number of anilines is 1. The van der Waals surface area contributed by atoms with Gasteiger partial charge in [-0.15, -0.1) is 0 Å². The van der Waals surface area contributed by atoms with Crippen LogP contribution in [0.2, 0.25) is 0 Å². The van der Waals surface area contributed by atoms with Crippen molar-refractivity contribution in [2.45, 2.75) is 26.3 Å². The van der Waals surface area contributed by atoms with Gasteiger partial charge in [0.1, 0.15) is 0 Å². The third kappa shape index (κ3) is 5.68. The van der Waals surface area contributed by atoms with Crippen molar-refractivity contribution in [1.29, 1.82) is 0 Å². The first-order valence-corrected chi connectivity index (χ1v) is 9.55.